The average molecular weight is 967 g/mol. The van der Waals surface area contributed by atoms with Gasteiger partial charge in [-0.25, -0.2) is 9.59 Å². The molecule has 2 amide bonds. The summed E-state index contributed by atoms with van der Waals surface area (Å²) in [6.07, 6.45) is 12.1. The monoisotopic (exact) mass is 967 g/mol. The predicted octanol–water partition coefficient (Wildman–Crippen LogP) is 8.29. The van der Waals surface area contributed by atoms with E-state index in [-0.39, 0.29) is 40.6 Å². The summed E-state index contributed by atoms with van der Waals surface area (Å²) in [6, 6.07) is 27.1. The van der Waals surface area contributed by atoms with Gasteiger partial charge in [0.15, 0.2) is 0 Å². The molecule has 71 heavy (non-hydrogen) atoms. The van der Waals surface area contributed by atoms with E-state index in [4.69, 9.17) is 14.6 Å². The smallest absolute Gasteiger partial charge is 0.338 e. The Hall–Kier alpha value is -5.72. The first-order valence-corrected chi connectivity index (χ1v) is 26.4. The summed E-state index contributed by atoms with van der Waals surface area (Å²) in [6.45, 7) is 12.8. The van der Waals surface area contributed by atoms with Gasteiger partial charge in [0, 0.05) is 49.1 Å². The fraction of sp³-hybridized carbons (Fsp3) is 0.525. The first-order chi connectivity index (χ1) is 34.3. The normalized spacial score (nSPS) is 25.4. The summed E-state index contributed by atoms with van der Waals surface area (Å²) in [5, 5.41) is 25.6. The fourth-order valence-corrected chi connectivity index (χ4v) is 13.0. The van der Waals surface area contributed by atoms with Gasteiger partial charge in [-0.05, 0) is 190 Å². The summed E-state index contributed by atoms with van der Waals surface area (Å²) in [7, 11) is 1.74. The van der Waals surface area contributed by atoms with E-state index >= 15 is 0 Å². The molecule has 2 heterocycles. The van der Waals surface area contributed by atoms with Gasteiger partial charge in [-0.2, -0.15) is 0 Å². The Bertz CT molecular complexity index is 2560. The molecule has 2 saturated heterocycles. The number of phenols is 1. The molecule has 10 rings (SSSR count). The van der Waals surface area contributed by atoms with Crippen LogP contribution in [0.1, 0.15) is 126 Å². The molecule has 4 aliphatic carbocycles. The van der Waals surface area contributed by atoms with Crippen LogP contribution in [0.3, 0.4) is 0 Å². The van der Waals surface area contributed by atoms with Crippen molar-refractivity contribution >= 4 is 23.8 Å². The zero-order valence-electron chi connectivity index (χ0n) is 42.2. The molecule has 4 N–H and O–H groups in total. The van der Waals surface area contributed by atoms with E-state index < -0.39 is 5.97 Å². The number of phenolic OH excluding ortho intramolecular Hbond substituents is 1. The molecule has 4 bridgehead atoms. The van der Waals surface area contributed by atoms with E-state index in [1.165, 1.54) is 73.2 Å². The summed E-state index contributed by atoms with van der Waals surface area (Å²) >= 11 is 0. The van der Waals surface area contributed by atoms with Gasteiger partial charge in [0.1, 0.15) is 11.5 Å². The van der Waals surface area contributed by atoms with Crippen molar-refractivity contribution in [2.75, 3.05) is 53.0 Å². The molecule has 12 nitrogen and oxygen atoms in total. The Balaban J connectivity index is 0.000000176. The molecule has 6 aliphatic rings. The van der Waals surface area contributed by atoms with E-state index in [0.29, 0.717) is 61.3 Å². The number of carboxylic acids is 1. The summed E-state index contributed by atoms with van der Waals surface area (Å²) in [5.74, 6) is 2.62. The van der Waals surface area contributed by atoms with Gasteiger partial charge in [0.05, 0.1) is 37.7 Å². The van der Waals surface area contributed by atoms with Crippen LogP contribution in [0.15, 0.2) is 84.9 Å². The Morgan fingerprint density at radius 1 is 0.662 bits per heavy atom. The van der Waals surface area contributed by atoms with E-state index in [2.05, 4.69) is 58.5 Å². The Labute approximate surface area is 419 Å². The first kappa shape index (κ1) is 50.2. The van der Waals surface area contributed by atoms with Crippen LogP contribution in [0.2, 0.25) is 0 Å². The van der Waals surface area contributed by atoms with Crippen molar-refractivity contribution in [2.24, 2.45) is 23.7 Å². The molecule has 0 spiro atoms. The zero-order chi connectivity index (χ0) is 49.9. The average Bonchev–Trinajstić information content (AvgIpc) is 4.31. The van der Waals surface area contributed by atoms with Gasteiger partial charge in [-0.15, -0.1) is 0 Å². The lowest BCUT2D eigenvalue weighted by Crippen LogP contribution is -2.60. The molecule has 0 aromatic heterocycles. The Morgan fingerprint density at radius 3 is 1.61 bits per heavy atom. The second-order valence-corrected chi connectivity index (χ2v) is 21.6. The number of carbonyl (C=O) groups excluding carboxylic acids is 3. The van der Waals surface area contributed by atoms with Gasteiger partial charge >= 0.3 is 11.9 Å². The molecule has 0 radical (unpaired) electrons. The second-order valence-electron chi connectivity index (χ2n) is 21.6. The van der Waals surface area contributed by atoms with E-state index in [1.807, 2.05) is 18.2 Å². The van der Waals surface area contributed by atoms with Crippen LogP contribution >= 0.6 is 0 Å². The minimum absolute atomic E-state index is 0.0114. The predicted molar refractivity (Wildman–Crippen MR) is 274 cm³/mol. The van der Waals surface area contributed by atoms with Gasteiger partial charge < -0.3 is 30.3 Å². The number of likely N-dealkylation sites (tertiary alicyclic amines) is 2. The third-order valence-corrected chi connectivity index (χ3v) is 17.4. The summed E-state index contributed by atoms with van der Waals surface area (Å²) < 4.78 is 10.7. The first-order valence-electron chi connectivity index (χ1n) is 26.4. The lowest BCUT2D eigenvalue weighted by atomic mass is 9.56. The number of nitrogens with zero attached hydrogens (tertiary/aromatic N) is 2. The third kappa shape index (κ3) is 11.2. The molecule has 2 aliphatic heterocycles. The van der Waals surface area contributed by atoms with Crippen molar-refractivity contribution < 1.29 is 38.9 Å². The fourth-order valence-electron chi connectivity index (χ4n) is 13.0. The van der Waals surface area contributed by atoms with Crippen molar-refractivity contribution in [3.63, 3.8) is 0 Å². The van der Waals surface area contributed by atoms with Gasteiger partial charge in [0.2, 0.25) is 11.8 Å². The van der Waals surface area contributed by atoms with Crippen LogP contribution in [0.5, 0.6) is 11.5 Å². The number of carboxylic acid groups (broad SMARTS) is 1. The van der Waals surface area contributed by atoms with Crippen LogP contribution in [0.25, 0.3) is 0 Å². The molecule has 2 saturated carbocycles. The zero-order valence-corrected chi connectivity index (χ0v) is 42.2. The Morgan fingerprint density at radius 2 is 1.14 bits per heavy atom. The highest BCUT2D eigenvalue weighted by molar-refractivity contribution is 5.89. The number of esters is 1. The number of benzene rings is 4. The van der Waals surface area contributed by atoms with Crippen molar-refractivity contribution in [1.29, 1.82) is 0 Å². The molecular weight excluding hydrogens is 893 g/mol. The van der Waals surface area contributed by atoms with Crippen LogP contribution in [-0.2, 0) is 50.8 Å². The lowest BCUT2D eigenvalue weighted by Gasteiger charge is -2.56. The number of aromatic hydroxyl groups is 1. The van der Waals surface area contributed by atoms with Crippen molar-refractivity contribution in [3.05, 3.63) is 129 Å². The topological polar surface area (TPSA) is 158 Å². The SMILES string of the molecule is CCOC(=O)c1ccc(CC(=O)NCC[C@@]23CCN(CC4CC4)[C@H](Cc4ccc(OC)cc42)[C@@H]3C)cc1.C[C@H]1[C@H]2Cc3ccc(O)cc3[C@@]1(CCNC(=O)Cc1ccc(C(=O)O)cc1)CCN2CC1CC1. The molecule has 378 valence electrons. The number of nitrogens with one attached hydrogen (secondary N) is 2. The summed E-state index contributed by atoms with van der Waals surface area (Å²) in [4.78, 5) is 53.8. The minimum atomic E-state index is -0.968. The maximum atomic E-state index is 12.8. The van der Waals surface area contributed by atoms with Gasteiger partial charge in [-0.3, -0.25) is 19.4 Å². The highest BCUT2D eigenvalue weighted by atomic mass is 16.5. The number of aromatic carboxylic acids is 1. The lowest BCUT2D eigenvalue weighted by molar-refractivity contribution is -0.121. The van der Waals surface area contributed by atoms with E-state index in [0.717, 1.165) is 80.3 Å². The number of ether oxygens (including phenoxy) is 2. The number of methoxy groups -OCH3 is 1. The molecular formula is C59H74N4O8. The molecule has 4 aromatic rings. The highest BCUT2D eigenvalue weighted by Crippen LogP contribution is 2.54. The number of hydrogen-bond acceptors (Lipinski definition) is 9. The number of carbonyl (C=O) groups is 4. The number of hydrogen-bond donors (Lipinski definition) is 4. The third-order valence-electron chi connectivity index (χ3n) is 17.4. The van der Waals surface area contributed by atoms with Crippen molar-refractivity contribution in [1.82, 2.24) is 20.4 Å². The van der Waals surface area contributed by atoms with Crippen LogP contribution < -0.4 is 15.4 Å². The molecule has 0 unspecified atom stereocenters. The highest BCUT2D eigenvalue weighted by Gasteiger charge is 2.53. The summed E-state index contributed by atoms with van der Waals surface area (Å²) in [5.41, 5.74) is 7.88. The van der Waals surface area contributed by atoms with Crippen LogP contribution in [-0.4, -0.2) is 109 Å². The van der Waals surface area contributed by atoms with Gasteiger partial charge in [0.25, 0.3) is 0 Å². The van der Waals surface area contributed by atoms with E-state index in [9.17, 15) is 24.3 Å². The number of rotatable bonds is 18. The second kappa shape index (κ2) is 21.6. The Kier molecular flexibility index (Phi) is 15.2. The minimum Gasteiger partial charge on any atom is -0.508 e. The molecule has 4 fully saturated rings. The molecule has 12 heteroatoms. The molecule has 6 atom stereocenters. The maximum absolute atomic E-state index is 12.8. The van der Waals surface area contributed by atoms with E-state index in [1.54, 1.807) is 44.4 Å². The van der Waals surface area contributed by atoms with Crippen molar-refractivity contribution in [3.8, 4) is 11.5 Å². The molecule has 4 aromatic carbocycles. The van der Waals surface area contributed by atoms with Crippen LogP contribution in [0.4, 0.5) is 0 Å². The number of amides is 2. The quantitative estimate of drug-likeness (QED) is 0.0716. The largest absolute Gasteiger partial charge is 0.508 e. The number of piperidine rings is 2. The standard InChI is InChI=1S/C31H40N2O4.C28H34N2O4/c1-4-37-30(35)24-9-7-22(8-10-24)17-29(34)32-15-13-31-14-16-33(20-23-5-6-23)28(21(31)2)18-25-11-12-26(36-3)19-27(25)31;1-18-25-15-22-8-9-23(31)16-24(22)28(18,11-13-30(25)17-20-2-3-20)10-12-29-26(32)14-19-4-6-21(7-5-19)27(33)34/h7-12,19,21,23,28H,4-6,13-18,20H2,1-3H3,(H,32,34);4-9,16,18,20,25,31H,2-3,10-15,17H2,1H3,(H,29,32)(H,33,34)/t21-,28+,31-;18-,25+,28-/m00/s1. The van der Waals surface area contributed by atoms with Gasteiger partial charge in [-0.1, -0.05) is 50.2 Å². The number of fused-ring (bicyclic) bond motifs is 8. The van der Waals surface area contributed by atoms with Crippen molar-refractivity contribution in [2.45, 2.75) is 121 Å². The maximum Gasteiger partial charge on any atom is 0.338 e. The van der Waals surface area contributed by atoms with Crippen LogP contribution in [0, 0.1) is 23.7 Å².